The Morgan fingerprint density at radius 2 is 2.12 bits per heavy atom. The van der Waals surface area contributed by atoms with Crippen LogP contribution >= 0.6 is 43.6 Å². The van der Waals surface area contributed by atoms with Gasteiger partial charge in [0.05, 0.1) is 4.47 Å². The maximum Gasteiger partial charge on any atom is 0.134 e. The Bertz CT molecular complexity index is 360. The number of phenols is 1. The van der Waals surface area contributed by atoms with Gasteiger partial charge in [0.2, 0.25) is 0 Å². The summed E-state index contributed by atoms with van der Waals surface area (Å²) in [6.07, 6.45) is 2.09. The lowest BCUT2D eigenvalue weighted by atomic mass is 10.2. The van der Waals surface area contributed by atoms with Gasteiger partial charge in [0.15, 0.2) is 0 Å². The van der Waals surface area contributed by atoms with Gasteiger partial charge < -0.3 is 10.4 Å². The third-order valence-electron chi connectivity index (χ3n) is 2.16. The summed E-state index contributed by atoms with van der Waals surface area (Å²) in [7, 11) is 0. The summed E-state index contributed by atoms with van der Waals surface area (Å²) in [4.78, 5) is 0. The van der Waals surface area contributed by atoms with Gasteiger partial charge in [-0.25, -0.2) is 0 Å². The van der Waals surface area contributed by atoms with Crippen LogP contribution in [0.25, 0.3) is 0 Å². The summed E-state index contributed by atoms with van der Waals surface area (Å²) < 4.78 is 1.68. The van der Waals surface area contributed by atoms with Crippen LogP contribution in [0.1, 0.15) is 12.5 Å². The number of phenolic OH excluding ortho intramolecular Hbond substituents is 1. The number of nitrogens with one attached hydrogen (secondary N) is 1. The number of halogens is 2. The van der Waals surface area contributed by atoms with Gasteiger partial charge in [-0.3, -0.25) is 0 Å². The summed E-state index contributed by atoms with van der Waals surface area (Å²) in [6.45, 7) is 2.81. The lowest BCUT2D eigenvalue weighted by molar-refractivity contribution is 0.458. The number of benzene rings is 1. The van der Waals surface area contributed by atoms with Gasteiger partial charge in [-0.2, -0.15) is 11.8 Å². The minimum absolute atomic E-state index is 0.312. The number of hydrogen-bond acceptors (Lipinski definition) is 3. The molecule has 1 aromatic carbocycles. The minimum Gasteiger partial charge on any atom is -0.506 e. The van der Waals surface area contributed by atoms with Crippen LogP contribution in [-0.2, 0) is 6.54 Å². The molecule has 0 saturated heterocycles. The van der Waals surface area contributed by atoms with E-state index in [-0.39, 0.29) is 0 Å². The van der Waals surface area contributed by atoms with E-state index in [0.717, 1.165) is 20.3 Å². The zero-order valence-electron chi connectivity index (χ0n) is 9.26. The Labute approximate surface area is 117 Å². The standard InChI is InChI=1S/C11H15Br2NOS/c1-7(6-16-2)14-5-8-3-9(12)4-10(13)11(8)15/h3-4,7,14-15H,5-6H2,1-2H3. The second-order valence-electron chi connectivity index (χ2n) is 3.63. The van der Waals surface area contributed by atoms with E-state index in [0.29, 0.717) is 18.3 Å². The molecule has 2 nitrogen and oxygen atoms in total. The molecule has 0 heterocycles. The van der Waals surface area contributed by atoms with Crippen molar-refractivity contribution in [1.82, 2.24) is 5.32 Å². The van der Waals surface area contributed by atoms with Crippen molar-refractivity contribution in [3.63, 3.8) is 0 Å². The molecule has 0 bridgehead atoms. The lowest BCUT2D eigenvalue weighted by Crippen LogP contribution is -2.27. The third-order valence-corrected chi connectivity index (χ3v) is 4.06. The van der Waals surface area contributed by atoms with Crippen molar-refractivity contribution < 1.29 is 5.11 Å². The Kier molecular flexibility index (Phi) is 6.18. The fourth-order valence-corrected chi connectivity index (χ4v) is 3.28. The fraction of sp³-hybridized carbons (Fsp3) is 0.455. The largest absolute Gasteiger partial charge is 0.506 e. The zero-order chi connectivity index (χ0) is 12.1. The lowest BCUT2D eigenvalue weighted by Gasteiger charge is -2.14. The van der Waals surface area contributed by atoms with E-state index in [1.165, 1.54) is 0 Å². The molecule has 1 rings (SSSR count). The Balaban J connectivity index is 2.66. The highest BCUT2D eigenvalue weighted by Gasteiger charge is 2.08. The highest BCUT2D eigenvalue weighted by atomic mass is 79.9. The number of aromatic hydroxyl groups is 1. The van der Waals surface area contributed by atoms with Gasteiger partial charge in [0.25, 0.3) is 0 Å². The first-order valence-electron chi connectivity index (χ1n) is 4.93. The molecule has 0 amide bonds. The molecule has 0 aliphatic rings. The van der Waals surface area contributed by atoms with Crippen molar-refractivity contribution >= 4 is 43.6 Å². The first kappa shape index (κ1) is 14.4. The fourth-order valence-electron chi connectivity index (χ4n) is 1.35. The molecule has 1 atom stereocenters. The van der Waals surface area contributed by atoms with Crippen LogP contribution in [0.15, 0.2) is 21.1 Å². The van der Waals surface area contributed by atoms with E-state index in [4.69, 9.17) is 0 Å². The molecular weight excluding hydrogens is 354 g/mol. The molecule has 90 valence electrons. The Morgan fingerprint density at radius 3 is 2.75 bits per heavy atom. The average Bonchev–Trinajstić information content (AvgIpc) is 2.21. The van der Waals surface area contributed by atoms with Crippen molar-refractivity contribution in [3.05, 3.63) is 26.6 Å². The quantitative estimate of drug-likeness (QED) is 0.829. The van der Waals surface area contributed by atoms with Crippen LogP contribution in [0, 0.1) is 0 Å². The van der Waals surface area contributed by atoms with Crippen LogP contribution in [0.3, 0.4) is 0 Å². The van der Waals surface area contributed by atoms with Gasteiger partial charge in [0.1, 0.15) is 5.75 Å². The predicted octanol–water partition coefficient (Wildman–Crippen LogP) is 3.76. The van der Waals surface area contributed by atoms with Gasteiger partial charge in [-0.05, 0) is 41.2 Å². The van der Waals surface area contributed by atoms with Crippen LogP contribution in [0.4, 0.5) is 0 Å². The molecule has 0 fully saturated rings. The van der Waals surface area contributed by atoms with E-state index < -0.39 is 0 Å². The summed E-state index contributed by atoms with van der Waals surface area (Å²) >= 11 is 8.55. The molecule has 0 aliphatic heterocycles. The van der Waals surface area contributed by atoms with Crippen LogP contribution < -0.4 is 5.32 Å². The summed E-state index contributed by atoms with van der Waals surface area (Å²) in [5, 5.41) is 13.2. The maximum atomic E-state index is 9.85. The third kappa shape index (κ3) is 4.28. The first-order valence-corrected chi connectivity index (χ1v) is 7.91. The van der Waals surface area contributed by atoms with Crippen molar-refractivity contribution in [1.29, 1.82) is 0 Å². The molecule has 1 unspecified atom stereocenters. The van der Waals surface area contributed by atoms with E-state index in [9.17, 15) is 5.11 Å². The van der Waals surface area contributed by atoms with Gasteiger partial charge >= 0.3 is 0 Å². The van der Waals surface area contributed by atoms with Crippen molar-refractivity contribution in [2.45, 2.75) is 19.5 Å². The monoisotopic (exact) mass is 367 g/mol. The Hall–Kier alpha value is 0.290. The molecule has 0 aliphatic carbocycles. The van der Waals surface area contributed by atoms with Gasteiger partial charge in [-0.1, -0.05) is 15.9 Å². The van der Waals surface area contributed by atoms with Crippen LogP contribution in [0.5, 0.6) is 5.75 Å². The van der Waals surface area contributed by atoms with Gasteiger partial charge in [0, 0.05) is 28.4 Å². The smallest absolute Gasteiger partial charge is 0.134 e. The molecule has 16 heavy (non-hydrogen) atoms. The van der Waals surface area contributed by atoms with Crippen molar-refractivity contribution in [2.75, 3.05) is 12.0 Å². The molecule has 1 aromatic rings. The highest BCUT2D eigenvalue weighted by Crippen LogP contribution is 2.31. The predicted molar refractivity (Wildman–Crippen MR) is 78.2 cm³/mol. The second-order valence-corrected chi connectivity index (χ2v) is 6.31. The summed E-state index contributed by atoms with van der Waals surface area (Å²) in [5.41, 5.74) is 0.897. The van der Waals surface area contributed by atoms with Crippen LogP contribution in [-0.4, -0.2) is 23.2 Å². The molecule has 2 N–H and O–H groups in total. The summed E-state index contributed by atoms with van der Waals surface area (Å²) in [6, 6.07) is 4.20. The average molecular weight is 369 g/mol. The number of hydrogen-bond donors (Lipinski definition) is 2. The molecule has 0 spiro atoms. The van der Waals surface area contributed by atoms with E-state index in [1.54, 1.807) is 0 Å². The number of thioether (sulfide) groups is 1. The van der Waals surface area contributed by atoms with Crippen molar-refractivity contribution in [2.24, 2.45) is 0 Å². The molecule has 5 heteroatoms. The minimum atomic E-state index is 0.312. The number of rotatable bonds is 5. The first-order chi connectivity index (χ1) is 7.54. The summed E-state index contributed by atoms with van der Waals surface area (Å²) in [5.74, 6) is 1.38. The van der Waals surface area contributed by atoms with E-state index >= 15 is 0 Å². The SMILES string of the molecule is CSCC(C)NCc1cc(Br)cc(Br)c1O. The van der Waals surface area contributed by atoms with E-state index in [1.807, 2.05) is 23.9 Å². The molecule has 0 aromatic heterocycles. The zero-order valence-corrected chi connectivity index (χ0v) is 13.2. The molecule has 0 radical (unpaired) electrons. The highest BCUT2D eigenvalue weighted by molar-refractivity contribution is 9.11. The topological polar surface area (TPSA) is 32.3 Å². The van der Waals surface area contributed by atoms with Gasteiger partial charge in [-0.15, -0.1) is 0 Å². The second kappa shape index (κ2) is 6.89. The van der Waals surface area contributed by atoms with Crippen molar-refractivity contribution in [3.8, 4) is 5.75 Å². The van der Waals surface area contributed by atoms with Crippen LogP contribution in [0.2, 0.25) is 0 Å². The Morgan fingerprint density at radius 1 is 1.44 bits per heavy atom. The maximum absolute atomic E-state index is 9.85. The van der Waals surface area contributed by atoms with E-state index in [2.05, 4.69) is 50.4 Å². The molecular formula is C11H15Br2NOS. The molecule has 0 saturated carbocycles. The normalized spacial score (nSPS) is 12.8.